The van der Waals surface area contributed by atoms with Crippen LogP contribution < -0.4 is 0 Å². The minimum absolute atomic E-state index is 0.0461. The maximum atomic E-state index is 11.5. The molecule has 1 aromatic heterocycles. The smallest absolute Gasteiger partial charge is 0.307 e. The van der Waals surface area contributed by atoms with Crippen molar-refractivity contribution in [2.24, 2.45) is 5.92 Å². The first kappa shape index (κ1) is 16.7. The lowest BCUT2D eigenvalue weighted by atomic mass is 9.91. The predicted molar refractivity (Wildman–Crippen MR) is 102 cm³/mol. The molecule has 0 spiro atoms. The van der Waals surface area contributed by atoms with Gasteiger partial charge in [-0.1, -0.05) is 36.4 Å². The van der Waals surface area contributed by atoms with Crippen LogP contribution in [0.15, 0.2) is 67.0 Å². The highest BCUT2D eigenvalue weighted by molar-refractivity contribution is 5.83. The number of hydrogen-bond acceptors (Lipinski definition) is 3. The standard InChI is InChI=1S/C22H22N2O2/c25-22(26)20-6-3-13-24(15-20)21(17-9-11-23-12-10-17)19-8-7-16-4-1-2-5-18(16)14-19/h1-2,4-5,7-12,14,20-21H,3,6,13,15H2,(H,25,26). The van der Waals surface area contributed by atoms with E-state index in [0.29, 0.717) is 6.54 Å². The van der Waals surface area contributed by atoms with Crippen molar-refractivity contribution in [3.63, 3.8) is 0 Å². The van der Waals surface area contributed by atoms with Crippen LogP contribution in [0.2, 0.25) is 0 Å². The van der Waals surface area contributed by atoms with Gasteiger partial charge >= 0.3 is 5.97 Å². The second kappa shape index (κ2) is 7.26. The highest BCUT2D eigenvalue weighted by atomic mass is 16.4. The monoisotopic (exact) mass is 346 g/mol. The molecule has 0 aliphatic carbocycles. The molecule has 2 aromatic carbocycles. The van der Waals surface area contributed by atoms with E-state index in [1.807, 2.05) is 30.6 Å². The Morgan fingerprint density at radius 1 is 1.04 bits per heavy atom. The van der Waals surface area contributed by atoms with Gasteiger partial charge in [-0.2, -0.15) is 0 Å². The number of piperidine rings is 1. The molecule has 4 rings (SSSR count). The average molecular weight is 346 g/mol. The number of aromatic nitrogens is 1. The summed E-state index contributed by atoms with van der Waals surface area (Å²) in [7, 11) is 0. The van der Waals surface area contributed by atoms with Crippen molar-refractivity contribution in [1.82, 2.24) is 9.88 Å². The fourth-order valence-electron chi connectivity index (χ4n) is 3.98. The molecule has 4 heteroatoms. The van der Waals surface area contributed by atoms with Gasteiger partial charge in [0.25, 0.3) is 0 Å². The van der Waals surface area contributed by atoms with Crippen LogP contribution in [0, 0.1) is 5.92 Å². The van der Waals surface area contributed by atoms with Gasteiger partial charge in [-0.05, 0) is 59.5 Å². The van der Waals surface area contributed by atoms with Crippen molar-refractivity contribution in [3.8, 4) is 0 Å². The summed E-state index contributed by atoms with van der Waals surface area (Å²) in [4.78, 5) is 18.0. The van der Waals surface area contributed by atoms with Crippen molar-refractivity contribution >= 4 is 16.7 Å². The molecule has 0 amide bonds. The van der Waals surface area contributed by atoms with Gasteiger partial charge in [0, 0.05) is 18.9 Å². The summed E-state index contributed by atoms with van der Waals surface area (Å²) >= 11 is 0. The Bertz CT molecular complexity index is 910. The van der Waals surface area contributed by atoms with Gasteiger partial charge in [-0.25, -0.2) is 0 Å². The molecular formula is C22H22N2O2. The molecule has 1 aliphatic heterocycles. The average Bonchev–Trinajstić information content (AvgIpc) is 2.69. The lowest BCUT2D eigenvalue weighted by Crippen LogP contribution is -2.41. The van der Waals surface area contributed by atoms with Crippen LogP contribution in [0.3, 0.4) is 0 Å². The topological polar surface area (TPSA) is 53.4 Å². The fourth-order valence-corrected chi connectivity index (χ4v) is 3.98. The number of rotatable bonds is 4. The molecule has 26 heavy (non-hydrogen) atoms. The number of likely N-dealkylation sites (tertiary alicyclic amines) is 1. The Morgan fingerprint density at radius 3 is 2.58 bits per heavy atom. The summed E-state index contributed by atoms with van der Waals surface area (Å²) in [5.41, 5.74) is 2.35. The largest absolute Gasteiger partial charge is 0.481 e. The fraction of sp³-hybridized carbons (Fsp3) is 0.273. The minimum atomic E-state index is -0.693. The molecule has 132 valence electrons. The number of pyridine rings is 1. The summed E-state index contributed by atoms with van der Waals surface area (Å²) in [6, 6.07) is 19.0. The highest BCUT2D eigenvalue weighted by Crippen LogP contribution is 2.33. The number of carboxylic acids is 1. The molecule has 1 aliphatic rings. The second-order valence-electron chi connectivity index (χ2n) is 6.96. The Balaban J connectivity index is 1.76. The van der Waals surface area contributed by atoms with Crippen molar-refractivity contribution in [1.29, 1.82) is 0 Å². The number of hydrogen-bond donors (Lipinski definition) is 1. The van der Waals surface area contributed by atoms with E-state index in [1.54, 1.807) is 0 Å². The third-order valence-corrected chi connectivity index (χ3v) is 5.28. The molecular weight excluding hydrogens is 324 g/mol. The maximum absolute atomic E-state index is 11.5. The molecule has 1 N–H and O–H groups in total. The molecule has 2 unspecified atom stereocenters. The summed E-state index contributed by atoms with van der Waals surface area (Å²) < 4.78 is 0. The van der Waals surface area contributed by atoms with Gasteiger partial charge in [0.05, 0.1) is 12.0 Å². The Morgan fingerprint density at radius 2 is 1.81 bits per heavy atom. The van der Waals surface area contributed by atoms with Crippen LogP contribution in [0.1, 0.15) is 30.0 Å². The quantitative estimate of drug-likeness (QED) is 0.772. The van der Waals surface area contributed by atoms with Gasteiger partial charge in [0.15, 0.2) is 0 Å². The minimum Gasteiger partial charge on any atom is -0.481 e. The van der Waals surface area contributed by atoms with Crippen LogP contribution >= 0.6 is 0 Å². The molecule has 0 radical (unpaired) electrons. The second-order valence-corrected chi connectivity index (χ2v) is 6.96. The summed E-state index contributed by atoms with van der Waals surface area (Å²) in [6.45, 7) is 1.48. The van der Waals surface area contributed by atoms with Crippen LogP contribution in [-0.4, -0.2) is 34.0 Å². The van der Waals surface area contributed by atoms with E-state index in [0.717, 1.165) is 24.9 Å². The van der Waals surface area contributed by atoms with E-state index < -0.39 is 5.97 Å². The number of nitrogens with zero attached hydrogens (tertiary/aromatic N) is 2. The van der Waals surface area contributed by atoms with E-state index in [9.17, 15) is 9.90 Å². The van der Waals surface area contributed by atoms with E-state index >= 15 is 0 Å². The lowest BCUT2D eigenvalue weighted by Gasteiger charge is -2.37. The third-order valence-electron chi connectivity index (χ3n) is 5.28. The van der Waals surface area contributed by atoms with Crippen molar-refractivity contribution in [2.45, 2.75) is 18.9 Å². The van der Waals surface area contributed by atoms with E-state index in [2.05, 4.69) is 46.3 Å². The maximum Gasteiger partial charge on any atom is 0.307 e. The number of carboxylic acid groups (broad SMARTS) is 1. The zero-order valence-corrected chi connectivity index (χ0v) is 14.6. The van der Waals surface area contributed by atoms with Crippen LogP contribution in [0.5, 0.6) is 0 Å². The first-order valence-corrected chi connectivity index (χ1v) is 9.08. The number of fused-ring (bicyclic) bond motifs is 1. The number of aliphatic carboxylic acids is 1. The van der Waals surface area contributed by atoms with Crippen LogP contribution in [-0.2, 0) is 4.79 Å². The molecule has 4 nitrogen and oxygen atoms in total. The molecule has 1 saturated heterocycles. The Kier molecular flexibility index (Phi) is 4.67. The van der Waals surface area contributed by atoms with Crippen molar-refractivity contribution in [3.05, 3.63) is 78.1 Å². The Hall–Kier alpha value is -2.72. The SMILES string of the molecule is O=C(O)C1CCCN(C(c2ccncc2)c2ccc3ccccc3c2)C1. The first-order valence-electron chi connectivity index (χ1n) is 9.08. The molecule has 2 atom stereocenters. The first-order chi connectivity index (χ1) is 12.7. The van der Waals surface area contributed by atoms with E-state index in [4.69, 9.17) is 0 Å². The zero-order chi connectivity index (χ0) is 17.9. The van der Waals surface area contributed by atoms with E-state index in [1.165, 1.54) is 16.3 Å². The summed E-state index contributed by atoms with van der Waals surface area (Å²) in [6.07, 6.45) is 5.28. The number of carbonyl (C=O) groups is 1. The van der Waals surface area contributed by atoms with Gasteiger partial charge in [-0.3, -0.25) is 14.7 Å². The van der Waals surface area contributed by atoms with Gasteiger partial charge in [-0.15, -0.1) is 0 Å². The normalized spacial score (nSPS) is 19.3. The third kappa shape index (κ3) is 3.33. The molecule has 2 heterocycles. The molecule has 0 saturated carbocycles. The highest BCUT2D eigenvalue weighted by Gasteiger charge is 2.31. The van der Waals surface area contributed by atoms with Gasteiger partial charge in [0.2, 0.25) is 0 Å². The van der Waals surface area contributed by atoms with Crippen LogP contribution in [0.4, 0.5) is 0 Å². The summed E-state index contributed by atoms with van der Waals surface area (Å²) in [5.74, 6) is -0.991. The van der Waals surface area contributed by atoms with Crippen molar-refractivity contribution < 1.29 is 9.90 Å². The Labute approximate surface area is 153 Å². The van der Waals surface area contributed by atoms with Gasteiger partial charge < -0.3 is 5.11 Å². The molecule has 3 aromatic rings. The van der Waals surface area contributed by atoms with Crippen LogP contribution in [0.25, 0.3) is 10.8 Å². The van der Waals surface area contributed by atoms with Crippen molar-refractivity contribution in [2.75, 3.05) is 13.1 Å². The summed E-state index contributed by atoms with van der Waals surface area (Å²) in [5, 5.41) is 11.9. The lowest BCUT2D eigenvalue weighted by molar-refractivity contribution is -0.143. The number of benzene rings is 2. The van der Waals surface area contributed by atoms with Gasteiger partial charge in [0.1, 0.15) is 0 Å². The zero-order valence-electron chi connectivity index (χ0n) is 14.6. The molecule has 1 fully saturated rings. The molecule has 0 bridgehead atoms. The predicted octanol–water partition coefficient (Wildman–Crippen LogP) is 4.12. The van der Waals surface area contributed by atoms with E-state index in [-0.39, 0.29) is 12.0 Å².